The van der Waals surface area contributed by atoms with Crippen molar-refractivity contribution < 1.29 is 37.7 Å². The van der Waals surface area contributed by atoms with Crippen LogP contribution in [-0.4, -0.2) is 105 Å². The Morgan fingerprint density at radius 3 is 2.44 bits per heavy atom. The van der Waals surface area contributed by atoms with Gasteiger partial charge in [-0.2, -0.15) is 13.2 Å². The molecule has 2 aliphatic rings. The van der Waals surface area contributed by atoms with Crippen LogP contribution in [0.2, 0.25) is 0 Å². The van der Waals surface area contributed by atoms with Gasteiger partial charge in [-0.05, 0) is 36.6 Å². The van der Waals surface area contributed by atoms with Crippen LogP contribution in [0.5, 0.6) is 5.75 Å². The highest BCUT2D eigenvalue weighted by Crippen LogP contribution is 2.32. The van der Waals surface area contributed by atoms with E-state index in [1.165, 1.54) is 0 Å². The number of hydrogen-bond acceptors (Lipinski definition) is 8. The van der Waals surface area contributed by atoms with Gasteiger partial charge in [0.2, 0.25) is 11.8 Å². The number of fused-ring (bicyclic) bond motifs is 1. The van der Waals surface area contributed by atoms with Gasteiger partial charge in [0.15, 0.2) is 0 Å². The minimum atomic E-state index is -4.59. The molecule has 3 heterocycles. The monoisotopic (exact) mass is 720 g/mol. The van der Waals surface area contributed by atoms with Gasteiger partial charge in [0.05, 0.1) is 24.2 Å². The first-order valence-corrected chi connectivity index (χ1v) is 17.3. The molecule has 0 radical (unpaired) electrons. The van der Waals surface area contributed by atoms with Crippen LogP contribution in [0, 0.1) is 5.92 Å². The second kappa shape index (κ2) is 16.7. The lowest BCUT2D eigenvalue weighted by Crippen LogP contribution is -2.60. The van der Waals surface area contributed by atoms with E-state index in [2.05, 4.69) is 10.3 Å². The van der Waals surface area contributed by atoms with Crippen LogP contribution >= 0.6 is 0 Å². The molecular weight excluding hydrogens is 677 g/mol. The molecule has 4 aromatic rings. The number of imidazole rings is 1. The molecule has 2 aliphatic heterocycles. The number of ether oxygens (including phenoxy) is 1. The number of rotatable bonds is 13. The molecule has 0 unspecified atom stereocenters. The highest BCUT2D eigenvalue weighted by Gasteiger charge is 2.38. The molecule has 0 aliphatic carbocycles. The van der Waals surface area contributed by atoms with Crippen molar-refractivity contribution in [2.24, 2.45) is 5.92 Å². The van der Waals surface area contributed by atoms with E-state index in [0.29, 0.717) is 37.4 Å². The lowest BCUT2D eigenvalue weighted by molar-refractivity contribution is -0.143. The quantitative estimate of drug-likeness (QED) is 0.166. The third-order valence-corrected chi connectivity index (χ3v) is 9.46. The average molecular weight is 721 g/mol. The minimum absolute atomic E-state index is 0.00657. The number of alkyl halides is 3. The number of aliphatic hydroxyl groups is 2. The molecule has 276 valence electrons. The number of carbonyl (C=O) groups excluding carboxylic acids is 2. The standard InChI is InChI=1S/C38H43F3N6O5/c39-38(40,41)24-42-37(51)32-22-45(19-28-20-47(25-43-28)29-11-5-2-6-12-29)15-16-46(32)21-30(48)18-27(17-26-9-3-1-4-10-26)36(50)44-35-31-13-7-8-14-34(31)52-23-33(35)49/h1-14,20,25,27,30,32-33,35,48-49H,15-19,21-24H2,(H,42,51)(H,44,50)/t27-,30+,32+,33-,35+/m1/s1. The van der Waals surface area contributed by atoms with Crippen LogP contribution in [0.15, 0.2) is 97.5 Å². The zero-order valence-electron chi connectivity index (χ0n) is 28.5. The number of para-hydroxylation sites is 2. The Hall–Kier alpha value is -4.76. The van der Waals surface area contributed by atoms with E-state index < -0.39 is 48.8 Å². The van der Waals surface area contributed by atoms with Gasteiger partial charge >= 0.3 is 6.18 Å². The van der Waals surface area contributed by atoms with Gasteiger partial charge in [-0.1, -0.05) is 66.7 Å². The van der Waals surface area contributed by atoms with Crippen LogP contribution < -0.4 is 15.4 Å². The summed E-state index contributed by atoms with van der Waals surface area (Å²) in [4.78, 5) is 35.3. The Kier molecular flexibility index (Phi) is 11.9. The zero-order valence-corrected chi connectivity index (χ0v) is 28.5. The van der Waals surface area contributed by atoms with Gasteiger partial charge in [0, 0.05) is 56.1 Å². The highest BCUT2D eigenvalue weighted by atomic mass is 19.4. The molecule has 1 aromatic heterocycles. The number of amides is 2. The molecule has 0 saturated carbocycles. The third kappa shape index (κ3) is 9.76. The fourth-order valence-corrected chi connectivity index (χ4v) is 6.86. The summed E-state index contributed by atoms with van der Waals surface area (Å²) in [5.74, 6) is -1.33. The van der Waals surface area contributed by atoms with Crippen LogP contribution in [-0.2, 0) is 22.6 Å². The second-order valence-corrected chi connectivity index (χ2v) is 13.4. The predicted octanol–water partition coefficient (Wildman–Crippen LogP) is 3.26. The maximum atomic E-state index is 13.9. The Morgan fingerprint density at radius 1 is 0.981 bits per heavy atom. The lowest BCUT2D eigenvalue weighted by Gasteiger charge is -2.41. The first-order valence-electron chi connectivity index (χ1n) is 17.3. The largest absolute Gasteiger partial charge is 0.490 e. The third-order valence-electron chi connectivity index (χ3n) is 9.46. The molecule has 6 rings (SSSR count). The van der Waals surface area contributed by atoms with Gasteiger partial charge in [-0.25, -0.2) is 4.98 Å². The molecule has 0 bridgehead atoms. The molecule has 2 amide bonds. The number of carbonyl (C=O) groups is 2. The topological polar surface area (TPSA) is 132 Å². The summed E-state index contributed by atoms with van der Waals surface area (Å²) in [6.07, 6.45) is -2.80. The second-order valence-electron chi connectivity index (χ2n) is 13.4. The van der Waals surface area contributed by atoms with E-state index in [1.54, 1.807) is 35.5 Å². The fourth-order valence-electron chi connectivity index (χ4n) is 6.86. The van der Waals surface area contributed by atoms with Crippen LogP contribution in [0.3, 0.4) is 0 Å². The van der Waals surface area contributed by atoms with Crippen LogP contribution in [0.4, 0.5) is 13.2 Å². The van der Waals surface area contributed by atoms with E-state index >= 15 is 0 Å². The molecule has 52 heavy (non-hydrogen) atoms. The smallest absolute Gasteiger partial charge is 0.405 e. The highest BCUT2D eigenvalue weighted by molar-refractivity contribution is 5.82. The fraction of sp³-hybridized carbons (Fsp3) is 0.395. The first-order chi connectivity index (χ1) is 25.0. The van der Waals surface area contributed by atoms with Gasteiger partial charge in [0.25, 0.3) is 0 Å². The molecule has 11 nitrogen and oxygen atoms in total. The van der Waals surface area contributed by atoms with Crippen LogP contribution in [0.1, 0.15) is 29.3 Å². The molecule has 5 atom stereocenters. The zero-order chi connectivity index (χ0) is 36.7. The number of aromatic nitrogens is 2. The number of piperazine rings is 1. The molecule has 3 aromatic carbocycles. The van der Waals surface area contributed by atoms with Crippen molar-refractivity contribution in [3.8, 4) is 11.4 Å². The average Bonchev–Trinajstić information content (AvgIpc) is 3.61. The van der Waals surface area contributed by atoms with Crippen molar-refractivity contribution in [2.45, 2.75) is 49.9 Å². The maximum Gasteiger partial charge on any atom is 0.405 e. The van der Waals surface area contributed by atoms with Crippen molar-refractivity contribution in [3.05, 3.63) is 114 Å². The molecule has 1 fully saturated rings. The molecule has 4 N–H and O–H groups in total. The number of nitrogens with one attached hydrogen (secondary N) is 2. The summed E-state index contributed by atoms with van der Waals surface area (Å²) < 4.78 is 46.9. The van der Waals surface area contributed by atoms with Crippen molar-refractivity contribution in [2.75, 3.05) is 39.3 Å². The molecule has 14 heteroatoms. The summed E-state index contributed by atoms with van der Waals surface area (Å²) in [5.41, 5.74) is 3.18. The van der Waals surface area contributed by atoms with Gasteiger partial charge in [-0.15, -0.1) is 0 Å². The lowest BCUT2D eigenvalue weighted by atomic mass is 9.90. The summed E-state index contributed by atoms with van der Waals surface area (Å²) >= 11 is 0. The van der Waals surface area contributed by atoms with E-state index in [9.17, 15) is 33.0 Å². The number of β-amino-alcohol motifs (C(OH)–C–C–N with tert-alkyl or cyclic N) is 1. The van der Waals surface area contributed by atoms with E-state index in [0.717, 1.165) is 16.9 Å². The normalized spacial score (nSPS) is 20.7. The number of benzene rings is 3. The minimum Gasteiger partial charge on any atom is -0.490 e. The predicted molar refractivity (Wildman–Crippen MR) is 186 cm³/mol. The van der Waals surface area contributed by atoms with Crippen molar-refractivity contribution >= 4 is 11.8 Å². The number of hydrogen-bond donors (Lipinski definition) is 4. The maximum absolute atomic E-state index is 13.9. The number of aliphatic hydroxyl groups excluding tert-OH is 2. The Bertz CT molecular complexity index is 1780. The van der Waals surface area contributed by atoms with Crippen molar-refractivity contribution in [3.63, 3.8) is 0 Å². The Balaban J connectivity index is 1.15. The summed E-state index contributed by atoms with van der Waals surface area (Å²) in [6, 6.07) is 24.4. The van der Waals surface area contributed by atoms with E-state index in [1.807, 2.05) is 81.6 Å². The van der Waals surface area contributed by atoms with Gasteiger partial charge in [0.1, 0.15) is 31.0 Å². The summed E-state index contributed by atoms with van der Waals surface area (Å²) in [5, 5.41) is 27.2. The molecule has 0 spiro atoms. The van der Waals surface area contributed by atoms with Gasteiger partial charge in [-0.3, -0.25) is 19.4 Å². The molecule has 1 saturated heterocycles. The first kappa shape index (κ1) is 37.0. The SMILES string of the molecule is O=C(N[C@H]1c2ccccc2OC[C@H]1O)[C@H](Cc1ccccc1)C[C@H](O)CN1CCN(Cc2cn(-c3ccccc3)cn2)C[C@H]1C(=O)NCC(F)(F)F. The van der Waals surface area contributed by atoms with E-state index in [4.69, 9.17) is 4.74 Å². The summed E-state index contributed by atoms with van der Waals surface area (Å²) in [7, 11) is 0. The number of nitrogens with zero attached hydrogens (tertiary/aromatic N) is 4. The van der Waals surface area contributed by atoms with Crippen molar-refractivity contribution in [1.82, 2.24) is 30.0 Å². The van der Waals surface area contributed by atoms with Crippen molar-refractivity contribution in [1.29, 1.82) is 0 Å². The Labute approximate surface area is 300 Å². The Morgan fingerprint density at radius 2 is 1.69 bits per heavy atom. The number of halogens is 3. The van der Waals surface area contributed by atoms with Crippen LogP contribution in [0.25, 0.3) is 5.69 Å². The van der Waals surface area contributed by atoms with Gasteiger partial charge < -0.3 is 30.2 Å². The molecular formula is C38H43F3N6O5. The summed E-state index contributed by atoms with van der Waals surface area (Å²) in [6.45, 7) is -0.247. The van der Waals surface area contributed by atoms with E-state index in [-0.39, 0.29) is 32.0 Å².